The summed E-state index contributed by atoms with van der Waals surface area (Å²) in [4.78, 5) is 53.8. The third-order valence-corrected chi connectivity index (χ3v) is 6.77. The minimum Gasteiger partial charge on any atom is -0.378 e. The average molecular weight is 487 g/mol. The predicted molar refractivity (Wildman–Crippen MR) is 130 cm³/mol. The molecular weight excluding hydrogens is 452 g/mol. The first-order valence-corrected chi connectivity index (χ1v) is 12.2. The van der Waals surface area contributed by atoms with Crippen molar-refractivity contribution in [2.24, 2.45) is 0 Å². The number of amides is 5. The summed E-state index contributed by atoms with van der Waals surface area (Å²) in [6, 6.07) is 7.10. The van der Waals surface area contributed by atoms with Gasteiger partial charge in [0, 0.05) is 37.4 Å². The van der Waals surface area contributed by atoms with Crippen molar-refractivity contribution in [3.63, 3.8) is 0 Å². The van der Waals surface area contributed by atoms with Gasteiger partial charge in [-0.25, -0.2) is 4.79 Å². The van der Waals surface area contributed by atoms with Crippen LogP contribution in [-0.2, 0) is 19.1 Å². The number of urea groups is 1. The molecule has 35 heavy (non-hydrogen) atoms. The molecule has 190 valence electrons. The van der Waals surface area contributed by atoms with E-state index in [4.69, 9.17) is 4.74 Å². The number of likely N-dealkylation sites (N-methyl/N-ethyl adjacent to an activating group) is 1. The second kappa shape index (κ2) is 11.0. The smallest absolute Gasteiger partial charge is 0.344 e. The first-order chi connectivity index (χ1) is 16.9. The Kier molecular flexibility index (Phi) is 7.86. The van der Waals surface area contributed by atoms with E-state index in [1.807, 2.05) is 24.3 Å². The molecule has 0 atom stereocenters. The molecule has 2 saturated heterocycles. The van der Waals surface area contributed by atoms with Crippen molar-refractivity contribution < 1.29 is 23.9 Å². The summed E-state index contributed by atoms with van der Waals surface area (Å²) in [6.07, 6.45) is 4.02. The number of ether oxygens (including phenoxy) is 1. The lowest BCUT2D eigenvalue weighted by atomic mass is 9.82. The molecule has 5 amide bonds. The highest BCUT2D eigenvalue weighted by atomic mass is 16.5. The topological polar surface area (TPSA) is 123 Å². The molecule has 1 aromatic rings. The molecule has 0 unspecified atom stereocenters. The van der Waals surface area contributed by atoms with Crippen LogP contribution in [0.2, 0.25) is 0 Å². The van der Waals surface area contributed by atoms with E-state index in [9.17, 15) is 19.2 Å². The Morgan fingerprint density at radius 2 is 1.74 bits per heavy atom. The van der Waals surface area contributed by atoms with Crippen LogP contribution in [0.4, 0.5) is 16.2 Å². The Balaban J connectivity index is 1.18. The number of nitrogens with zero attached hydrogens (tertiary/aromatic N) is 3. The molecule has 3 aliphatic rings. The van der Waals surface area contributed by atoms with E-state index in [1.54, 1.807) is 11.9 Å². The SMILES string of the molecule is CN(CCC(=O)NN1C(=O)NC2(CCCCC2)C1=O)CC(=O)Nc1ccc(N2CCOCC2)cc1. The van der Waals surface area contributed by atoms with Crippen molar-refractivity contribution in [3.05, 3.63) is 24.3 Å². The number of anilines is 2. The number of imide groups is 1. The van der Waals surface area contributed by atoms with E-state index in [0.29, 0.717) is 38.3 Å². The lowest BCUT2D eigenvalue weighted by Crippen LogP contribution is -2.51. The first-order valence-electron chi connectivity index (χ1n) is 12.2. The standard InChI is InChI=1S/C24H34N6O5/c1-28(17-21(32)25-18-5-7-19(8-6-18)29-13-15-35-16-14-29)12-9-20(31)27-30-22(33)24(26-23(30)34)10-3-2-4-11-24/h5-8H,2-4,9-17H2,1H3,(H,25,32)(H,26,34)(H,27,31). The van der Waals surface area contributed by atoms with E-state index >= 15 is 0 Å². The molecule has 11 nitrogen and oxygen atoms in total. The molecule has 4 rings (SSSR count). The molecule has 1 aromatic carbocycles. The van der Waals surface area contributed by atoms with Crippen LogP contribution in [0.15, 0.2) is 24.3 Å². The van der Waals surface area contributed by atoms with E-state index < -0.39 is 17.5 Å². The third-order valence-electron chi connectivity index (χ3n) is 6.77. The molecule has 11 heteroatoms. The van der Waals surface area contributed by atoms with Crippen LogP contribution in [0.3, 0.4) is 0 Å². The van der Waals surface area contributed by atoms with Gasteiger partial charge in [-0.15, -0.1) is 0 Å². The minimum absolute atomic E-state index is 0.0437. The number of nitrogens with one attached hydrogen (secondary N) is 3. The van der Waals surface area contributed by atoms with Crippen LogP contribution in [0.5, 0.6) is 0 Å². The quantitative estimate of drug-likeness (QED) is 0.470. The van der Waals surface area contributed by atoms with Gasteiger partial charge in [0.05, 0.1) is 19.8 Å². The molecule has 2 heterocycles. The second-order valence-corrected chi connectivity index (χ2v) is 9.43. The number of hydrazine groups is 1. The fourth-order valence-electron chi connectivity index (χ4n) is 4.79. The number of benzene rings is 1. The summed E-state index contributed by atoms with van der Waals surface area (Å²) in [5.41, 5.74) is 3.34. The van der Waals surface area contributed by atoms with Crippen LogP contribution in [0, 0.1) is 0 Å². The summed E-state index contributed by atoms with van der Waals surface area (Å²) in [6.45, 7) is 3.52. The molecule has 0 radical (unpaired) electrons. The normalized spacial score (nSPS) is 19.7. The second-order valence-electron chi connectivity index (χ2n) is 9.43. The Hall–Kier alpha value is -3.18. The van der Waals surface area contributed by atoms with Gasteiger partial charge in [-0.3, -0.25) is 24.7 Å². The summed E-state index contributed by atoms with van der Waals surface area (Å²) >= 11 is 0. The molecule has 1 aliphatic carbocycles. The molecule has 0 bridgehead atoms. The van der Waals surface area contributed by atoms with Gasteiger partial charge in [-0.2, -0.15) is 5.01 Å². The molecule has 0 aromatic heterocycles. The van der Waals surface area contributed by atoms with Gasteiger partial charge >= 0.3 is 6.03 Å². The maximum atomic E-state index is 12.8. The van der Waals surface area contributed by atoms with E-state index in [2.05, 4.69) is 21.0 Å². The average Bonchev–Trinajstić information content (AvgIpc) is 3.07. The number of hydrogen-bond donors (Lipinski definition) is 3. The van der Waals surface area contributed by atoms with Crippen molar-refractivity contribution >= 4 is 35.1 Å². The number of carbonyl (C=O) groups excluding carboxylic acids is 4. The largest absolute Gasteiger partial charge is 0.378 e. The Bertz CT molecular complexity index is 940. The van der Waals surface area contributed by atoms with Crippen LogP contribution >= 0.6 is 0 Å². The number of rotatable bonds is 8. The van der Waals surface area contributed by atoms with Crippen LogP contribution in [-0.4, -0.2) is 85.6 Å². The highest BCUT2D eigenvalue weighted by molar-refractivity contribution is 6.08. The van der Waals surface area contributed by atoms with Gasteiger partial charge < -0.3 is 20.3 Å². The molecule has 2 aliphatic heterocycles. The Morgan fingerprint density at radius 1 is 1.06 bits per heavy atom. The van der Waals surface area contributed by atoms with Crippen molar-refractivity contribution in [3.8, 4) is 0 Å². The molecule has 3 N–H and O–H groups in total. The fourth-order valence-corrected chi connectivity index (χ4v) is 4.79. The van der Waals surface area contributed by atoms with Crippen LogP contribution < -0.4 is 21.0 Å². The Morgan fingerprint density at radius 3 is 2.43 bits per heavy atom. The molecule has 3 fully saturated rings. The zero-order valence-corrected chi connectivity index (χ0v) is 20.2. The zero-order valence-electron chi connectivity index (χ0n) is 20.2. The monoisotopic (exact) mass is 486 g/mol. The Labute approximate surface area is 205 Å². The van der Waals surface area contributed by atoms with Gasteiger partial charge in [0.2, 0.25) is 11.8 Å². The zero-order chi connectivity index (χ0) is 24.8. The molecular formula is C24H34N6O5. The number of morpholine rings is 1. The van der Waals surface area contributed by atoms with Crippen molar-refractivity contribution in [2.45, 2.75) is 44.1 Å². The number of carbonyl (C=O) groups is 4. The third kappa shape index (κ3) is 6.09. The lowest BCUT2D eigenvalue weighted by Gasteiger charge is -2.30. The predicted octanol–water partition coefficient (Wildman–Crippen LogP) is 1.07. The summed E-state index contributed by atoms with van der Waals surface area (Å²) in [5, 5.41) is 6.43. The van der Waals surface area contributed by atoms with Crippen molar-refractivity contribution in [2.75, 3.05) is 56.7 Å². The first kappa shape index (κ1) is 24.9. The van der Waals surface area contributed by atoms with Crippen LogP contribution in [0.1, 0.15) is 38.5 Å². The summed E-state index contributed by atoms with van der Waals surface area (Å²) in [5.74, 6) is -1.03. The van der Waals surface area contributed by atoms with Crippen LogP contribution in [0.25, 0.3) is 0 Å². The highest BCUT2D eigenvalue weighted by Crippen LogP contribution is 2.33. The van der Waals surface area contributed by atoms with Gasteiger partial charge in [0.15, 0.2) is 0 Å². The van der Waals surface area contributed by atoms with Crippen molar-refractivity contribution in [1.29, 1.82) is 0 Å². The van der Waals surface area contributed by atoms with Gasteiger partial charge in [-0.05, 0) is 44.2 Å². The van der Waals surface area contributed by atoms with Gasteiger partial charge in [0.25, 0.3) is 5.91 Å². The maximum Gasteiger partial charge on any atom is 0.344 e. The van der Waals surface area contributed by atoms with E-state index in [0.717, 1.165) is 43.0 Å². The highest BCUT2D eigenvalue weighted by Gasteiger charge is 2.52. The van der Waals surface area contributed by atoms with Gasteiger partial charge in [0.1, 0.15) is 5.54 Å². The van der Waals surface area contributed by atoms with Crippen molar-refractivity contribution in [1.82, 2.24) is 20.7 Å². The molecule has 1 saturated carbocycles. The number of hydrogen-bond acceptors (Lipinski definition) is 7. The lowest BCUT2D eigenvalue weighted by molar-refractivity contribution is -0.140. The van der Waals surface area contributed by atoms with Gasteiger partial charge in [-0.1, -0.05) is 19.3 Å². The fraction of sp³-hybridized carbons (Fsp3) is 0.583. The summed E-state index contributed by atoms with van der Waals surface area (Å²) in [7, 11) is 1.74. The maximum absolute atomic E-state index is 12.8. The van der Waals surface area contributed by atoms with E-state index in [-0.39, 0.29) is 24.8 Å². The molecule has 1 spiro atoms. The summed E-state index contributed by atoms with van der Waals surface area (Å²) < 4.78 is 5.37. The van der Waals surface area contributed by atoms with E-state index in [1.165, 1.54) is 0 Å². The minimum atomic E-state index is -0.877.